The summed E-state index contributed by atoms with van der Waals surface area (Å²) in [6.45, 7) is 4.40. The van der Waals surface area contributed by atoms with Crippen LogP contribution in [0.5, 0.6) is 23.0 Å². The molecule has 0 fully saturated rings. The summed E-state index contributed by atoms with van der Waals surface area (Å²) in [5, 5.41) is 0. The molecule has 1 aliphatic rings. The minimum absolute atomic E-state index is 0.0484. The quantitative estimate of drug-likeness (QED) is 0.445. The molecule has 1 heterocycles. The third-order valence-electron chi connectivity index (χ3n) is 6.19. The molecule has 1 aliphatic heterocycles. The maximum Gasteiger partial charge on any atom is 0.231 e. The van der Waals surface area contributed by atoms with Crippen molar-refractivity contribution in [2.24, 2.45) is 0 Å². The van der Waals surface area contributed by atoms with Gasteiger partial charge in [-0.3, -0.25) is 4.79 Å². The van der Waals surface area contributed by atoms with Crippen LogP contribution in [-0.4, -0.2) is 70.8 Å². The van der Waals surface area contributed by atoms with E-state index in [0.717, 1.165) is 35.7 Å². The van der Waals surface area contributed by atoms with E-state index in [0.29, 0.717) is 30.4 Å². The van der Waals surface area contributed by atoms with Crippen LogP contribution in [0, 0.1) is 0 Å². The summed E-state index contributed by atoms with van der Waals surface area (Å²) in [6.07, 6.45) is 8.25. The van der Waals surface area contributed by atoms with Crippen LogP contribution in [0.1, 0.15) is 29.5 Å². The number of carbonyl (C=O) groups is 1. The molecule has 0 unspecified atom stereocenters. The Hall–Kier alpha value is -3.45. The molecular formula is C28H36N2O5. The fourth-order valence-corrected chi connectivity index (χ4v) is 4.17. The van der Waals surface area contributed by atoms with Crippen molar-refractivity contribution in [2.45, 2.75) is 19.3 Å². The number of hydrogen-bond donors (Lipinski definition) is 0. The van der Waals surface area contributed by atoms with Crippen LogP contribution in [0.25, 0.3) is 6.08 Å². The molecule has 7 heteroatoms. The van der Waals surface area contributed by atoms with E-state index in [4.69, 9.17) is 18.9 Å². The SMILES string of the molecule is COc1ccc([C@@H](C)CN(C)C/C=C\CN2C=Cc3cc(OC)c(OC)cc3CC2=O)cc1OC. The lowest BCUT2D eigenvalue weighted by molar-refractivity contribution is -0.127. The predicted octanol–water partition coefficient (Wildman–Crippen LogP) is 4.37. The first-order valence-electron chi connectivity index (χ1n) is 11.7. The Morgan fingerprint density at radius 1 is 0.943 bits per heavy atom. The van der Waals surface area contributed by atoms with Gasteiger partial charge < -0.3 is 28.7 Å². The van der Waals surface area contributed by atoms with Crippen LogP contribution < -0.4 is 18.9 Å². The lowest BCUT2D eigenvalue weighted by Gasteiger charge is -2.21. The lowest BCUT2D eigenvalue weighted by Crippen LogP contribution is -2.27. The van der Waals surface area contributed by atoms with Gasteiger partial charge in [0.05, 0.1) is 34.9 Å². The van der Waals surface area contributed by atoms with Gasteiger partial charge in [-0.15, -0.1) is 0 Å². The van der Waals surface area contributed by atoms with Crippen LogP contribution in [-0.2, 0) is 11.2 Å². The van der Waals surface area contributed by atoms with Gasteiger partial charge >= 0.3 is 0 Å². The topological polar surface area (TPSA) is 60.5 Å². The fraction of sp³-hybridized carbons (Fsp3) is 0.393. The highest BCUT2D eigenvalue weighted by Gasteiger charge is 2.19. The molecule has 188 valence electrons. The van der Waals surface area contributed by atoms with Gasteiger partial charge in [0.1, 0.15) is 0 Å². The molecule has 0 saturated heterocycles. The highest BCUT2D eigenvalue weighted by atomic mass is 16.5. The van der Waals surface area contributed by atoms with E-state index in [1.807, 2.05) is 42.6 Å². The first-order chi connectivity index (χ1) is 16.9. The summed E-state index contributed by atoms with van der Waals surface area (Å²) in [4.78, 5) is 16.8. The largest absolute Gasteiger partial charge is 0.493 e. The Bertz CT molecular complexity index is 1080. The highest BCUT2D eigenvalue weighted by molar-refractivity contribution is 5.84. The summed E-state index contributed by atoms with van der Waals surface area (Å²) in [7, 11) is 8.60. The summed E-state index contributed by atoms with van der Waals surface area (Å²) < 4.78 is 21.5. The molecule has 7 nitrogen and oxygen atoms in total. The van der Waals surface area contributed by atoms with Gasteiger partial charge in [0.15, 0.2) is 23.0 Å². The smallest absolute Gasteiger partial charge is 0.231 e. The van der Waals surface area contributed by atoms with Crippen LogP contribution in [0.2, 0.25) is 0 Å². The molecule has 35 heavy (non-hydrogen) atoms. The van der Waals surface area contributed by atoms with Crippen molar-refractivity contribution < 1.29 is 23.7 Å². The number of ether oxygens (including phenoxy) is 4. The van der Waals surface area contributed by atoms with Crippen molar-refractivity contribution in [1.82, 2.24) is 9.80 Å². The molecule has 0 spiro atoms. The number of methoxy groups -OCH3 is 4. The van der Waals surface area contributed by atoms with Crippen molar-refractivity contribution in [1.29, 1.82) is 0 Å². The molecule has 0 bridgehead atoms. The zero-order chi connectivity index (χ0) is 25.4. The first-order valence-corrected chi connectivity index (χ1v) is 11.7. The van der Waals surface area contributed by atoms with E-state index in [1.165, 1.54) is 5.56 Å². The molecule has 0 aromatic heterocycles. The van der Waals surface area contributed by atoms with Gasteiger partial charge in [0.25, 0.3) is 0 Å². The molecule has 0 N–H and O–H groups in total. The first kappa shape index (κ1) is 26.2. The van der Waals surface area contributed by atoms with Crippen LogP contribution in [0.3, 0.4) is 0 Å². The predicted molar refractivity (Wildman–Crippen MR) is 139 cm³/mol. The summed E-state index contributed by atoms with van der Waals surface area (Å²) in [5.41, 5.74) is 3.09. The van der Waals surface area contributed by atoms with Gasteiger partial charge in [-0.05, 0) is 60.0 Å². The van der Waals surface area contributed by atoms with Crippen LogP contribution >= 0.6 is 0 Å². The number of hydrogen-bond acceptors (Lipinski definition) is 6. The number of amides is 1. The van der Waals surface area contributed by atoms with Gasteiger partial charge in [0.2, 0.25) is 5.91 Å². The number of nitrogens with zero attached hydrogens (tertiary/aromatic N) is 2. The number of benzene rings is 2. The zero-order valence-electron chi connectivity index (χ0n) is 21.5. The van der Waals surface area contributed by atoms with Crippen LogP contribution in [0.15, 0.2) is 48.7 Å². The van der Waals surface area contributed by atoms with Gasteiger partial charge in [-0.1, -0.05) is 25.1 Å². The molecule has 0 aliphatic carbocycles. The van der Waals surface area contributed by atoms with E-state index in [-0.39, 0.29) is 5.91 Å². The standard InChI is InChI=1S/C28H36N2O5/c1-20(21-9-10-24(32-3)25(15-21)33-4)19-29(2)12-7-8-13-30-14-11-22-16-26(34-5)27(35-6)17-23(22)18-28(30)31/h7-11,14-17,20H,12-13,18-19H2,1-6H3/b8-7-/t20-/m0/s1. The zero-order valence-corrected chi connectivity index (χ0v) is 21.5. The average molecular weight is 481 g/mol. The monoisotopic (exact) mass is 480 g/mol. The van der Waals surface area contributed by atoms with Crippen molar-refractivity contribution in [3.8, 4) is 23.0 Å². The van der Waals surface area contributed by atoms with Gasteiger partial charge in [-0.2, -0.15) is 0 Å². The van der Waals surface area contributed by atoms with Crippen LogP contribution in [0.4, 0.5) is 0 Å². The number of rotatable bonds is 11. The lowest BCUT2D eigenvalue weighted by atomic mass is 10.00. The van der Waals surface area contributed by atoms with Crippen molar-refractivity contribution in [2.75, 3.05) is 55.1 Å². The second-order valence-corrected chi connectivity index (χ2v) is 8.65. The maximum atomic E-state index is 12.8. The minimum Gasteiger partial charge on any atom is -0.493 e. The third kappa shape index (κ3) is 6.57. The molecule has 0 radical (unpaired) electrons. The van der Waals surface area contributed by atoms with Crippen molar-refractivity contribution in [3.63, 3.8) is 0 Å². The molecular weight excluding hydrogens is 444 g/mol. The van der Waals surface area contributed by atoms with E-state index in [9.17, 15) is 4.79 Å². The number of likely N-dealkylation sites (N-methyl/N-ethyl adjacent to an activating group) is 1. The molecule has 2 aromatic carbocycles. The van der Waals surface area contributed by atoms with Crippen molar-refractivity contribution >= 4 is 12.0 Å². The Kier molecular flexibility index (Phi) is 9.20. The van der Waals surface area contributed by atoms with E-state index in [1.54, 1.807) is 33.3 Å². The Labute approximate surface area is 208 Å². The molecule has 1 amide bonds. The van der Waals surface area contributed by atoms with E-state index < -0.39 is 0 Å². The van der Waals surface area contributed by atoms with E-state index >= 15 is 0 Å². The maximum absolute atomic E-state index is 12.8. The summed E-state index contributed by atoms with van der Waals surface area (Å²) >= 11 is 0. The molecule has 2 aromatic rings. The highest BCUT2D eigenvalue weighted by Crippen LogP contribution is 2.33. The normalized spacial score (nSPS) is 14.1. The number of carbonyl (C=O) groups excluding carboxylic acids is 1. The molecule has 1 atom stereocenters. The Balaban J connectivity index is 1.54. The molecule has 0 saturated carbocycles. The minimum atomic E-state index is 0.0484. The summed E-state index contributed by atoms with van der Waals surface area (Å²) in [6, 6.07) is 9.85. The second-order valence-electron chi connectivity index (χ2n) is 8.65. The van der Waals surface area contributed by atoms with Crippen molar-refractivity contribution in [3.05, 3.63) is 65.4 Å². The molecule has 3 rings (SSSR count). The van der Waals surface area contributed by atoms with E-state index in [2.05, 4.69) is 31.0 Å². The van der Waals surface area contributed by atoms with Gasteiger partial charge in [-0.25, -0.2) is 0 Å². The average Bonchev–Trinajstić information content (AvgIpc) is 3.02. The van der Waals surface area contributed by atoms with Gasteiger partial charge in [0, 0.05) is 25.8 Å². The summed E-state index contributed by atoms with van der Waals surface area (Å²) in [5.74, 6) is 3.14. The fourth-order valence-electron chi connectivity index (χ4n) is 4.17. The third-order valence-corrected chi connectivity index (χ3v) is 6.19. The number of fused-ring (bicyclic) bond motifs is 1. The second kappa shape index (κ2) is 12.3. The Morgan fingerprint density at radius 3 is 2.29 bits per heavy atom. The Morgan fingerprint density at radius 2 is 1.60 bits per heavy atom.